The van der Waals surface area contributed by atoms with E-state index in [1.807, 2.05) is 48.5 Å². The van der Waals surface area contributed by atoms with E-state index in [2.05, 4.69) is 292 Å². The first-order valence-electron chi connectivity index (χ1n) is 36.6. The molecule has 0 aliphatic heterocycles. The zero-order valence-electron chi connectivity index (χ0n) is 66.4. The number of benzene rings is 4. The molecule has 8 nitrogen and oxygen atoms in total. The van der Waals surface area contributed by atoms with Gasteiger partial charge in [0.15, 0.2) is 21.8 Å². The first-order chi connectivity index (χ1) is 50.8. The second-order valence-corrected chi connectivity index (χ2v) is 32.3. The summed E-state index contributed by atoms with van der Waals surface area (Å²) in [7, 11) is 0. The average Bonchev–Trinajstić information content (AvgIpc) is 0.944. The Labute approximate surface area is 666 Å². The van der Waals surface area contributed by atoms with Crippen LogP contribution in [0.2, 0.25) is 0 Å². The summed E-state index contributed by atoms with van der Waals surface area (Å²) in [6, 6.07) is 32.0. The average molecular weight is 1510 g/mol. The van der Waals surface area contributed by atoms with Gasteiger partial charge in [0, 0.05) is 121 Å². The normalized spacial score (nSPS) is 9.87. The molecule has 0 radical (unpaired) electrons. The van der Waals surface area contributed by atoms with Crippen molar-refractivity contribution < 1.29 is 28.8 Å². The van der Waals surface area contributed by atoms with Gasteiger partial charge in [-0.25, -0.2) is 0 Å². The van der Waals surface area contributed by atoms with Gasteiger partial charge >= 0.3 is 0 Å². The lowest BCUT2D eigenvalue weighted by molar-refractivity contribution is -0.120. The van der Waals surface area contributed by atoms with Crippen molar-refractivity contribution >= 4 is 82.1 Å². The maximum absolute atomic E-state index is 12.1. The number of thiol groups is 2. The standard InChI is InChI=1S/C23H4.C21H32O2S.C19H30OS.C17H25NO2S.C15H23NOS/c1-3-5-7-9-11-13-15-17-19-21-23-22-20-18-16-14-12-10-8-6-4-2;1-17(22)24-16-19-11-9-18(10-12-19)13-14-20(23)8-6-5-7-15-21(2,3)4;1-19(2,3)14-6-4-5-7-18(20)13-12-16-8-10-17(15-21)11-9-16;1-13(19)21-12-14-7-9-15(10-8-14)16(20)6-5-11-18-17(2,3)4;1-15(2,3)16-10-4-5-14(17)13-8-6-12(11-18)7-9-13/h1H,2H3;9-12H,5-8,13-16H2,1-4H3;8-11,21H,4-7,12-15H2,1-3H3;7-10,18H,5-6,11-12H2,1-4H3;6-9,16,18H,4-5,10-11H2,1-3H3. The molecule has 2 N–H and O–H groups in total. The largest absolute Gasteiger partial charge is 0.312 e. The van der Waals surface area contributed by atoms with Crippen molar-refractivity contribution in [3.05, 3.63) is 142 Å². The third-order valence-electron chi connectivity index (χ3n) is 14.8. The molecule has 0 amide bonds. The number of rotatable bonds is 32. The van der Waals surface area contributed by atoms with E-state index < -0.39 is 0 Å². The van der Waals surface area contributed by atoms with Crippen LogP contribution >= 0.6 is 48.8 Å². The van der Waals surface area contributed by atoms with E-state index in [0.29, 0.717) is 59.6 Å². The number of nitrogens with one attached hydrogen (secondary N) is 2. The van der Waals surface area contributed by atoms with Crippen molar-refractivity contribution in [1.29, 1.82) is 0 Å². The summed E-state index contributed by atoms with van der Waals surface area (Å²) < 4.78 is 0. The highest BCUT2D eigenvalue weighted by Gasteiger charge is 2.14. The maximum atomic E-state index is 12.1. The van der Waals surface area contributed by atoms with Crippen LogP contribution in [0.4, 0.5) is 0 Å². The summed E-state index contributed by atoms with van der Waals surface area (Å²) in [6.45, 7) is 32.9. The molecule has 12 heteroatoms. The van der Waals surface area contributed by atoms with Gasteiger partial charge in [0.2, 0.25) is 0 Å². The molecule has 0 fully saturated rings. The van der Waals surface area contributed by atoms with Crippen LogP contribution in [0.5, 0.6) is 0 Å². The van der Waals surface area contributed by atoms with Gasteiger partial charge in [-0.3, -0.25) is 28.8 Å². The Bertz CT molecular complexity index is 4100. The van der Waals surface area contributed by atoms with Gasteiger partial charge < -0.3 is 10.6 Å². The summed E-state index contributed by atoms with van der Waals surface area (Å²) >= 11 is 11.1. The Morgan fingerprint density at radius 1 is 0.355 bits per heavy atom. The third-order valence-corrected chi connectivity index (χ3v) is 17.3. The number of hydrogen-bond donors (Lipinski definition) is 4. The lowest BCUT2D eigenvalue weighted by Gasteiger charge is -2.20. The molecule has 107 heavy (non-hydrogen) atoms. The van der Waals surface area contributed by atoms with Gasteiger partial charge in [0.25, 0.3) is 0 Å². The molecule has 0 aromatic heterocycles. The molecular formula is C95H114N2O6S4. The first-order valence-corrected chi connectivity index (χ1v) is 39.8. The zero-order valence-corrected chi connectivity index (χ0v) is 69.9. The highest BCUT2D eigenvalue weighted by atomic mass is 32.2. The van der Waals surface area contributed by atoms with Crippen LogP contribution in [0.15, 0.2) is 97.1 Å². The summed E-state index contributed by atoms with van der Waals surface area (Å²) in [5, 5.41) is 7.02. The maximum Gasteiger partial charge on any atom is 0.186 e. The molecule has 0 spiro atoms. The molecule has 4 aromatic rings. The molecule has 564 valence electrons. The Morgan fingerprint density at radius 2 is 0.636 bits per heavy atom. The quantitative estimate of drug-likeness (QED) is 0.0162. The van der Waals surface area contributed by atoms with E-state index >= 15 is 0 Å². The van der Waals surface area contributed by atoms with Gasteiger partial charge in [-0.2, -0.15) is 25.3 Å². The number of thioether (sulfide) groups is 2. The van der Waals surface area contributed by atoms with Crippen LogP contribution in [0.25, 0.3) is 0 Å². The van der Waals surface area contributed by atoms with E-state index in [0.717, 1.165) is 110 Å². The van der Waals surface area contributed by atoms with Gasteiger partial charge in [-0.05, 0) is 252 Å². The monoisotopic (exact) mass is 1510 g/mol. The summed E-state index contributed by atoms with van der Waals surface area (Å²) in [5.74, 6) is 56.0. The third kappa shape index (κ3) is 64.3. The molecule has 0 aliphatic rings. The number of ketones is 4. The fourth-order valence-corrected chi connectivity index (χ4v) is 10.6. The van der Waals surface area contributed by atoms with Crippen LogP contribution in [0.3, 0.4) is 0 Å². The number of aryl methyl sites for hydroxylation is 2. The van der Waals surface area contributed by atoms with Crippen LogP contribution in [-0.2, 0) is 55.0 Å². The van der Waals surface area contributed by atoms with Crippen LogP contribution in [0.1, 0.15) is 261 Å². The Kier molecular flexibility index (Phi) is 55.5. The molecule has 0 atom stereocenters. The molecule has 0 unspecified atom stereocenters. The predicted molar refractivity (Wildman–Crippen MR) is 462 cm³/mol. The summed E-state index contributed by atoms with van der Waals surface area (Å²) in [6.07, 6.45) is 21.6. The second-order valence-electron chi connectivity index (χ2n) is 29.4. The Hall–Kier alpha value is -8.62. The number of unbranched alkanes of at least 4 members (excludes halogenated alkanes) is 4. The van der Waals surface area contributed by atoms with Crippen molar-refractivity contribution in [3.63, 3.8) is 0 Å². The summed E-state index contributed by atoms with van der Waals surface area (Å²) in [5.41, 5.74) is 9.65. The Balaban J connectivity index is 0.00000132. The number of carbonyl (C=O) groups excluding carboxylic acids is 6. The minimum Gasteiger partial charge on any atom is -0.312 e. The molecular weight excluding hydrogens is 1390 g/mol. The smallest absolute Gasteiger partial charge is 0.186 e. The number of terminal acetylenes is 1. The van der Waals surface area contributed by atoms with Gasteiger partial charge in [-0.15, -0.1) is 6.42 Å². The lowest BCUT2D eigenvalue weighted by atomic mass is 9.89. The van der Waals surface area contributed by atoms with Crippen LogP contribution in [0, 0.1) is 142 Å². The molecule has 0 heterocycles. The zero-order chi connectivity index (χ0) is 80.0. The van der Waals surface area contributed by atoms with Crippen LogP contribution < -0.4 is 10.6 Å². The van der Waals surface area contributed by atoms with Gasteiger partial charge in [-0.1, -0.05) is 194 Å². The molecule has 0 saturated heterocycles. The van der Waals surface area contributed by atoms with Crippen molar-refractivity contribution in [2.75, 3.05) is 13.1 Å². The number of carbonyl (C=O) groups is 6. The molecule has 4 rings (SSSR count). The predicted octanol–water partition coefficient (Wildman–Crippen LogP) is 19.5. The fraction of sp³-hybridized carbons (Fsp3) is 0.453. The van der Waals surface area contributed by atoms with Gasteiger partial charge in [0.05, 0.1) is 0 Å². The highest BCUT2D eigenvalue weighted by molar-refractivity contribution is 8.13. The molecule has 0 bridgehead atoms. The van der Waals surface area contributed by atoms with E-state index in [1.165, 1.54) is 72.3 Å². The Morgan fingerprint density at radius 3 is 0.916 bits per heavy atom. The minimum absolute atomic E-state index is 0.0963. The van der Waals surface area contributed by atoms with E-state index in [-0.39, 0.29) is 32.9 Å². The van der Waals surface area contributed by atoms with Crippen molar-refractivity contribution in [3.8, 4) is 131 Å². The molecule has 0 aliphatic carbocycles. The minimum atomic E-state index is 0.0963. The molecule has 0 saturated carbocycles. The van der Waals surface area contributed by atoms with Crippen molar-refractivity contribution in [1.82, 2.24) is 10.6 Å². The molecule has 4 aromatic carbocycles. The number of hydrogen-bond acceptors (Lipinski definition) is 12. The first kappa shape index (κ1) is 98.4. The van der Waals surface area contributed by atoms with Gasteiger partial charge in [0.1, 0.15) is 11.6 Å². The van der Waals surface area contributed by atoms with Crippen molar-refractivity contribution in [2.45, 2.75) is 254 Å². The highest BCUT2D eigenvalue weighted by Crippen LogP contribution is 2.24. The topological polar surface area (TPSA) is 126 Å². The van der Waals surface area contributed by atoms with Crippen LogP contribution in [-0.4, -0.2) is 57.5 Å². The second kappa shape index (κ2) is 60.4. The SMILES string of the molecule is C#CC#CC#CC#CC#CC#CC#CC#CC#CC#CC#CC.CC(=O)SCc1ccc(C(=O)CCCNC(C)(C)C)cc1.CC(=O)SCc1ccc(CCC(=O)CCCCCC(C)(C)C)cc1.CC(C)(C)CCCCCC(=O)CCc1ccc(CS)cc1.CC(C)(C)NCCCC(=O)c1ccc(CS)cc1. The summed E-state index contributed by atoms with van der Waals surface area (Å²) in [4.78, 5) is 69.7. The van der Waals surface area contributed by atoms with Crippen molar-refractivity contribution in [2.24, 2.45) is 10.8 Å². The van der Waals surface area contributed by atoms with E-state index in [1.54, 1.807) is 20.8 Å². The van der Waals surface area contributed by atoms with E-state index in [9.17, 15) is 28.8 Å². The lowest BCUT2D eigenvalue weighted by Crippen LogP contribution is -2.36. The van der Waals surface area contributed by atoms with E-state index in [4.69, 9.17) is 6.42 Å². The fourth-order valence-electron chi connectivity index (χ4n) is 9.04. The number of Topliss-reactive ketones (excluding diaryl/α,β-unsaturated/α-hetero) is 4.